The minimum atomic E-state index is -0.170. The summed E-state index contributed by atoms with van der Waals surface area (Å²) in [5.41, 5.74) is 0.924. The first-order valence-corrected chi connectivity index (χ1v) is 9.29. The monoisotopic (exact) mass is 374 g/mol. The Morgan fingerprint density at radius 2 is 1.96 bits per heavy atom. The largest absolute Gasteiger partial charge is 0.343 e. The van der Waals surface area contributed by atoms with Crippen molar-refractivity contribution >= 4 is 29.0 Å². The topological polar surface area (TPSA) is 91.3 Å². The summed E-state index contributed by atoms with van der Waals surface area (Å²) in [7, 11) is 3.35. The first kappa shape index (κ1) is 18.2. The number of nitrogens with zero attached hydrogens (tertiary/aromatic N) is 5. The molecule has 0 saturated carbocycles. The van der Waals surface area contributed by atoms with E-state index >= 15 is 0 Å². The van der Waals surface area contributed by atoms with Crippen LogP contribution in [0.1, 0.15) is 39.3 Å². The fourth-order valence-corrected chi connectivity index (χ4v) is 3.70. The quantitative estimate of drug-likeness (QED) is 0.890. The Bertz CT molecular complexity index is 781. The number of anilines is 1. The van der Waals surface area contributed by atoms with Crippen molar-refractivity contribution in [3.8, 4) is 0 Å². The van der Waals surface area contributed by atoms with Crippen LogP contribution in [0.15, 0.2) is 18.3 Å². The minimum Gasteiger partial charge on any atom is -0.343 e. The Morgan fingerprint density at radius 3 is 2.50 bits per heavy atom. The number of aromatic nitrogens is 3. The van der Waals surface area contributed by atoms with Gasteiger partial charge in [-0.3, -0.25) is 4.79 Å². The molecule has 1 fully saturated rings. The van der Waals surface area contributed by atoms with Crippen molar-refractivity contribution in [1.82, 2.24) is 25.0 Å². The molecule has 3 rings (SSSR count). The molecule has 0 atom stereocenters. The van der Waals surface area contributed by atoms with Gasteiger partial charge in [0.2, 0.25) is 0 Å². The minimum absolute atomic E-state index is 0.148. The van der Waals surface area contributed by atoms with Crippen molar-refractivity contribution in [3.05, 3.63) is 34.0 Å². The second kappa shape index (κ2) is 7.77. The summed E-state index contributed by atoms with van der Waals surface area (Å²) in [6, 6.07) is 3.16. The van der Waals surface area contributed by atoms with Crippen LogP contribution in [0.4, 0.5) is 10.5 Å². The molecule has 0 bridgehead atoms. The molecule has 9 heteroatoms. The second-order valence-electron chi connectivity index (χ2n) is 6.48. The zero-order valence-corrected chi connectivity index (χ0v) is 15.9. The molecule has 3 amide bonds. The van der Waals surface area contributed by atoms with Gasteiger partial charge in [0.15, 0.2) is 0 Å². The molecule has 1 saturated heterocycles. The SMILES string of the molecule is Cc1nnc(C2CCN(C(=O)Nc3ccc(C(=O)N(C)C)nc3)CC2)s1. The van der Waals surface area contributed by atoms with E-state index in [1.807, 2.05) is 6.92 Å². The van der Waals surface area contributed by atoms with Crippen molar-refractivity contribution < 1.29 is 9.59 Å². The van der Waals surface area contributed by atoms with Crippen LogP contribution in [0.25, 0.3) is 0 Å². The highest BCUT2D eigenvalue weighted by Gasteiger charge is 2.26. The average molecular weight is 374 g/mol. The number of nitrogens with one attached hydrogen (secondary N) is 1. The molecule has 0 spiro atoms. The summed E-state index contributed by atoms with van der Waals surface area (Å²) in [5, 5.41) is 13.2. The summed E-state index contributed by atoms with van der Waals surface area (Å²) in [6.07, 6.45) is 3.28. The van der Waals surface area contributed by atoms with E-state index in [2.05, 4.69) is 20.5 Å². The van der Waals surface area contributed by atoms with Gasteiger partial charge in [0.05, 0.1) is 11.9 Å². The molecule has 1 aliphatic heterocycles. The molecule has 2 aromatic rings. The number of likely N-dealkylation sites (tertiary alicyclic amines) is 1. The Hall–Kier alpha value is -2.55. The van der Waals surface area contributed by atoms with Gasteiger partial charge in [-0.1, -0.05) is 0 Å². The van der Waals surface area contributed by atoms with E-state index in [9.17, 15) is 9.59 Å². The fourth-order valence-electron chi connectivity index (χ4n) is 2.83. The van der Waals surface area contributed by atoms with Gasteiger partial charge in [-0.25, -0.2) is 9.78 Å². The average Bonchev–Trinajstić information content (AvgIpc) is 3.08. The van der Waals surface area contributed by atoms with Crippen LogP contribution < -0.4 is 5.32 Å². The van der Waals surface area contributed by atoms with Gasteiger partial charge in [0, 0.05) is 33.1 Å². The molecular formula is C17H22N6O2S. The number of aryl methyl sites for hydroxylation is 1. The zero-order valence-electron chi connectivity index (χ0n) is 15.1. The lowest BCUT2D eigenvalue weighted by Crippen LogP contribution is -2.40. The number of carbonyl (C=O) groups excluding carboxylic acids is 2. The summed E-state index contributed by atoms with van der Waals surface area (Å²) >= 11 is 1.63. The van der Waals surface area contributed by atoms with Crippen LogP contribution in [0.5, 0.6) is 0 Å². The van der Waals surface area contributed by atoms with Gasteiger partial charge in [-0.2, -0.15) is 0 Å². The number of piperidine rings is 1. The van der Waals surface area contributed by atoms with Crippen molar-refractivity contribution in [2.24, 2.45) is 0 Å². The van der Waals surface area contributed by atoms with Crippen molar-refractivity contribution in [1.29, 1.82) is 0 Å². The van der Waals surface area contributed by atoms with Gasteiger partial charge >= 0.3 is 6.03 Å². The molecule has 1 aliphatic rings. The molecule has 3 heterocycles. The van der Waals surface area contributed by atoms with Gasteiger partial charge < -0.3 is 15.1 Å². The van der Waals surface area contributed by atoms with Crippen LogP contribution >= 0.6 is 11.3 Å². The Labute approximate surface area is 156 Å². The zero-order chi connectivity index (χ0) is 18.7. The first-order chi connectivity index (χ1) is 12.4. The van der Waals surface area contributed by atoms with Crippen molar-refractivity contribution in [2.75, 3.05) is 32.5 Å². The predicted molar refractivity (Wildman–Crippen MR) is 99.5 cm³/mol. The molecule has 0 radical (unpaired) electrons. The Balaban J connectivity index is 1.53. The second-order valence-corrected chi connectivity index (χ2v) is 7.70. The molecule has 26 heavy (non-hydrogen) atoms. The maximum atomic E-state index is 12.4. The van der Waals surface area contributed by atoms with E-state index in [1.165, 1.54) is 11.1 Å². The maximum absolute atomic E-state index is 12.4. The molecule has 0 unspecified atom stereocenters. The molecule has 0 aliphatic carbocycles. The molecule has 2 aromatic heterocycles. The summed E-state index contributed by atoms with van der Waals surface area (Å²) in [5.74, 6) is 0.208. The maximum Gasteiger partial charge on any atom is 0.321 e. The number of pyridine rings is 1. The number of rotatable bonds is 3. The van der Waals surface area contributed by atoms with E-state index in [4.69, 9.17) is 0 Å². The van der Waals surface area contributed by atoms with E-state index in [-0.39, 0.29) is 11.9 Å². The first-order valence-electron chi connectivity index (χ1n) is 8.47. The highest BCUT2D eigenvalue weighted by molar-refractivity contribution is 7.11. The molecule has 1 N–H and O–H groups in total. The third kappa shape index (κ3) is 4.16. The third-order valence-corrected chi connectivity index (χ3v) is 5.31. The standard InChI is InChI=1S/C17H22N6O2S/c1-11-20-21-15(26-11)12-6-8-23(9-7-12)17(25)19-13-4-5-14(18-10-13)16(24)22(2)3/h4-5,10,12H,6-9H2,1-3H3,(H,19,25). The van der Waals surface area contributed by atoms with Gasteiger partial charge in [0.25, 0.3) is 5.91 Å². The summed E-state index contributed by atoms with van der Waals surface area (Å²) in [4.78, 5) is 31.6. The van der Waals surface area contributed by atoms with Crippen LogP contribution in [0, 0.1) is 6.92 Å². The number of urea groups is 1. The number of hydrogen-bond donors (Lipinski definition) is 1. The lowest BCUT2D eigenvalue weighted by Gasteiger charge is -2.30. The summed E-state index contributed by atoms with van der Waals surface area (Å²) < 4.78 is 0. The van der Waals surface area contributed by atoms with Crippen LogP contribution in [-0.2, 0) is 0 Å². The Kier molecular flexibility index (Phi) is 5.46. The molecule has 0 aromatic carbocycles. The third-order valence-electron chi connectivity index (χ3n) is 4.31. The van der Waals surface area contributed by atoms with Crippen molar-refractivity contribution in [2.45, 2.75) is 25.7 Å². The van der Waals surface area contributed by atoms with Crippen LogP contribution in [-0.4, -0.2) is 64.1 Å². The van der Waals surface area contributed by atoms with E-state index in [1.54, 1.807) is 42.5 Å². The van der Waals surface area contributed by atoms with Crippen LogP contribution in [0.2, 0.25) is 0 Å². The molecular weight excluding hydrogens is 352 g/mol. The van der Waals surface area contributed by atoms with Crippen molar-refractivity contribution in [3.63, 3.8) is 0 Å². The van der Waals surface area contributed by atoms with Gasteiger partial charge in [0.1, 0.15) is 15.7 Å². The fraction of sp³-hybridized carbons (Fsp3) is 0.471. The predicted octanol–water partition coefficient (Wildman–Crippen LogP) is 2.35. The van der Waals surface area contributed by atoms with E-state index < -0.39 is 0 Å². The highest BCUT2D eigenvalue weighted by Crippen LogP contribution is 2.30. The van der Waals surface area contributed by atoms with E-state index in [0.717, 1.165) is 22.9 Å². The number of amides is 3. The normalized spacial score (nSPS) is 15.0. The summed E-state index contributed by atoms with van der Waals surface area (Å²) in [6.45, 7) is 3.31. The number of hydrogen-bond acceptors (Lipinski definition) is 6. The van der Waals surface area contributed by atoms with E-state index in [0.29, 0.717) is 30.4 Å². The van der Waals surface area contributed by atoms with Crippen LogP contribution in [0.3, 0.4) is 0 Å². The molecule has 138 valence electrons. The highest BCUT2D eigenvalue weighted by atomic mass is 32.1. The molecule has 8 nitrogen and oxygen atoms in total. The number of carbonyl (C=O) groups is 2. The lowest BCUT2D eigenvalue weighted by atomic mass is 9.98. The Morgan fingerprint density at radius 1 is 1.23 bits per heavy atom. The smallest absolute Gasteiger partial charge is 0.321 e. The lowest BCUT2D eigenvalue weighted by molar-refractivity contribution is 0.0822. The van der Waals surface area contributed by atoms with Gasteiger partial charge in [-0.15, -0.1) is 21.5 Å². The van der Waals surface area contributed by atoms with Gasteiger partial charge in [-0.05, 0) is 31.9 Å².